The van der Waals surface area contributed by atoms with Gasteiger partial charge in [-0.05, 0) is 25.2 Å². The zero-order valence-electron chi connectivity index (χ0n) is 8.58. The van der Waals surface area contributed by atoms with E-state index >= 15 is 0 Å². The number of guanidine groups is 1. The maximum Gasteiger partial charge on any atom is 0.208 e. The fourth-order valence-electron chi connectivity index (χ4n) is 1.46. The largest absolute Gasteiger partial charge is 0.342 e. The van der Waals surface area contributed by atoms with E-state index in [1.54, 1.807) is 7.05 Å². The van der Waals surface area contributed by atoms with Crippen LogP contribution in [-0.4, -0.2) is 31.0 Å². The number of hydrazine groups is 1. The molecule has 0 amide bonds. The van der Waals surface area contributed by atoms with Gasteiger partial charge in [0.25, 0.3) is 0 Å². The number of aliphatic imine (C=N–C) groups is 1. The van der Waals surface area contributed by atoms with Crippen molar-refractivity contribution in [2.75, 3.05) is 20.1 Å². The number of nitrogens with zero attached hydrogens (tertiary/aromatic N) is 2. The summed E-state index contributed by atoms with van der Waals surface area (Å²) in [5.41, 5.74) is 2.65. The minimum Gasteiger partial charge on any atom is -0.342 e. The van der Waals surface area contributed by atoms with Crippen LogP contribution in [0.15, 0.2) is 4.99 Å². The lowest BCUT2D eigenvalue weighted by atomic mass is 10.3. The van der Waals surface area contributed by atoms with E-state index in [9.17, 15) is 0 Å². The number of rotatable bonds is 4. The first-order valence-corrected chi connectivity index (χ1v) is 5.00. The second kappa shape index (κ2) is 5.07. The molecule has 4 nitrogen and oxygen atoms in total. The Hall–Kier alpha value is -0.770. The first-order chi connectivity index (χ1) is 6.31. The summed E-state index contributed by atoms with van der Waals surface area (Å²) >= 11 is 0. The molecule has 0 bridgehead atoms. The monoisotopic (exact) mass is 184 g/mol. The Morgan fingerprint density at radius 3 is 2.69 bits per heavy atom. The molecule has 0 spiro atoms. The SMILES string of the molecule is CCCN(CC1CC1)C(=NC)NN. The predicted octanol–water partition coefficient (Wildman–Crippen LogP) is 0.558. The molecule has 1 aliphatic rings. The molecule has 4 heteroatoms. The average Bonchev–Trinajstić information content (AvgIpc) is 2.91. The molecule has 0 atom stereocenters. The van der Waals surface area contributed by atoms with E-state index in [1.807, 2.05) is 0 Å². The summed E-state index contributed by atoms with van der Waals surface area (Å²) in [5, 5.41) is 0. The molecule has 0 aromatic rings. The van der Waals surface area contributed by atoms with E-state index in [1.165, 1.54) is 12.8 Å². The van der Waals surface area contributed by atoms with Crippen LogP contribution in [0.1, 0.15) is 26.2 Å². The van der Waals surface area contributed by atoms with Gasteiger partial charge in [-0.15, -0.1) is 0 Å². The third-order valence-corrected chi connectivity index (χ3v) is 2.31. The Bertz CT molecular complexity index is 174. The molecule has 1 fully saturated rings. The van der Waals surface area contributed by atoms with Crippen LogP contribution in [0.5, 0.6) is 0 Å². The predicted molar refractivity (Wildman–Crippen MR) is 55.3 cm³/mol. The molecule has 0 aromatic carbocycles. The molecule has 1 aliphatic carbocycles. The summed E-state index contributed by atoms with van der Waals surface area (Å²) in [4.78, 5) is 6.35. The van der Waals surface area contributed by atoms with Gasteiger partial charge < -0.3 is 4.90 Å². The minimum absolute atomic E-state index is 0.814. The number of hydrogen-bond acceptors (Lipinski definition) is 2. The number of nitrogens with one attached hydrogen (secondary N) is 1. The molecule has 0 aliphatic heterocycles. The maximum absolute atomic E-state index is 5.39. The van der Waals surface area contributed by atoms with Crippen LogP contribution >= 0.6 is 0 Å². The van der Waals surface area contributed by atoms with Gasteiger partial charge in [0.05, 0.1) is 0 Å². The van der Waals surface area contributed by atoms with Crippen molar-refractivity contribution in [2.24, 2.45) is 16.8 Å². The smallest absolute Gasteiger partial charge is 0.208 e. The zero-order valence-corrected chi connectivity index (χ0v) is 8.58. The van der Waals surface area contributed by atoms with Crippen LogP contribution in [0, 0.1) is 5.92 Å². The Morgan fingerprint density at radius 2 is 2.31 bits per heavy atom. The number of hydrogen-bond donors (Lipinski definition) is 2. The van der Waals surface area contributed by atoms with Crippen LogP contribution in [0.3, 0.4) is 0 Å². The molecular weight excluding hydrogens is 164 g/mol. The van der Waals surface area contributed by atoms with Crippen molar-refractivity contribution in [3.05, 3.63) is 0 Å². The van der Waals surface area contributed by atoms with Crippen molar-refractivity contribution in [3.8, 4) is 0 Å². The van der Waals surface area contributed by atoms with E-state index in [0.29, 0.717) is 0 Å². The van der Waals surface area contributed by atoms with Crippen LogP contribution in [-0.2, 0) is 0 Å². The first kappa shape index (κ1) is 10.3. The van der Waals surface area contributed by atoms with Crippen molar-refractivity contribution in [3.63, 3.8) is 0 Å². The Balaban J connectivity index is 2.42. The highest BCUT2D eigenvalue weighted by Crippen LogP contribution is 2.29. The molecule has 3 N–H and O–H groups in total. The van der Waals surface area contributed by atoms with Crippen LogP contribution in [0.4, 0.5) is 0 Å². The van der Waals surface area contributed by atoms with Gasteiger partial charge in [0.2, 0.25) is 5.96 Å². The van der Waals surface area contributed by atoms with E-state index < -0.39 is 0 Å². The standard InChI is InChI=1S/C9H20N4/c1-3-6-13(7-8-4-5-8)9(11-2)12-10/h8H,3-7,10H2,1-2H3,(H,11,12). The molecule has 0 saturated heterocycles. The molecule has 0 aromatic heterocycles. The van der Waals surface area contributed by atoms with Gasteiger partial charge >= 0.3 is 0 Å². The quantitative estimate of drug-likeness (QED) is 0.290. The molecular formula is C9H20N4. The van der Waals surface area contributed by atoms with Gasteiger partial charge in [-0.1, -0.05) is 6.92 Å². The Labute approximate surface area is 80.2 Å². The van der Waals surface area contributed by atoms with Crippen molar-refractivity contribution in [2.45, 2.75) is 26.2 Å². The fraction of sp³-hybridized carbons (Fsp3) is 0.889. The van der Waals surface area contributed by atoms with Crippen molar-refractivity contribution < 1.29 is 0 Å². The lowest BCUT2D eigenvalue weighted by molar-refractivity contribution is 0.385. The summed E-state index contributed by atoms with van der Waals surface area (Å²) in [6.07, 6.45) is 3.86. The topological polar surface area (TPSA) is 53.6 Å². The van der Waals surface area contributed by atoms with Crippen LogP contribution in [0.25, 0.3) is 0 Å². The van der Waals surface area contributed by atoms with Crippen LogP contribution in [0.2, 0.25) is 0 Å². The minimum atomic E-state index is 0.814. The summed E-state index contributed by atoms with van der Waals surface area (Å²) in [6.45, 7) is 4.31. The summed E-state index contributed by atoms with van der Waals surface area (Å²) < 4.78 is 0. The molecule has 76 valence electrons. The highest BCUT2D eigenvalue weighted by Gasteiger charge is 2.25. The van der Waals surface area contributed by atoms with E-state index in [-0.39, 0.29) is 0 Å². The summed E-state index contributed by atoms with van der Waals surface area (Å²) in [7, 11) is 1.77. The zero-order chi connectivity index (χ0) is 9.68. The van der Waals surface area contributed by atoms with Crippen molar-refractivity contribution >= 4 is 5.96 Å². The lowest BCUT2D eigenvalue weighted by Gasteiger charge is -2.24. The molecule has 1 saturated carbocycles. The lowest BCUT2D eigenvalue weighted by Crippen LogP contribution is -2.45. The molecule has 0 heterocycles. The fourth-order valence-corrected chi connectivity index (χ4v) is 1.46. The van der Waals surface area contributed by atoms with Crippen LogP contribution < -0.4 is 11.3 Å². The van der Waals surface area contributed by atoms with E-state index in [2.05, 4.69) is 22.2 Å². The van der Waals surface area contributed by atoms with Gasteiger partial charge in [0.15, 0.2) is 0 Å². The first-order valence-electron chi connectivity index (χ1n) is 5.00. The van der Waals surface area contributed by atoms with Gasteiger partial charge in [0, 0.05) is 20.1 Å². The molecule has 0 radical (unpaired) electrons. The molecule has 13 heavy (non-hydrogen) atoms. The second-order valence-electron chi connectivity index (χ2n) is 3.58. The maximum atomic E-state index is 5.39. The van der Waals surface area contributed by atoms with E-state index in [0.717, 1.165) is 31.4 Å². The van der Waals surface area contributed by atoms with Crippen molar-refractivity contribution in [1.82, 2.24) is 10.3 Å². The molecule has 0 unspecified atom stereocenters. The average molecular weight is 184 g/mol. The number of nitrogens with two attached hydrogens (primary N) is 1. The second-order valence-corrected chi connectivity index (χ2v) is 3.58. The Morgan fingerprint density at radius 1 is 1.62 bits per heavy atom. The summed E-state index contributed by atoms with van der Waals surface area (Å²) in [6, 6.07) is 0. The molecule has 1 rings (SSSR count). The third-order valence-electron chi connectivity index (χ3n) is 2.31. The van der Waals surface area contributed by atoms with E-state index in [4.69, 9.17) is 5.84 Å². The normalized spacial score (nSPS) is 17.3. The Kier molecular flexibility index (Phi) is 4.02. The van der Waals surface area contributed by atoms with Gasteiger partial charge in [-0.3, -0.25) is 10.4 Å². The summed E-state index contributed by atoms with van der Waals surface area (Å²) in [5.74, 6) is 7.07. The van der Waals surface area contributed by atoms with Gasteiger partial charge in [-0.2, -0.15) is 0 Å². The van der Waals surface area contributed by atoms with Crippen molar-refractivity contribution in [1.29, 1.82) is 0 Å². The highest BCUT2D eigenvalue weighted by atomic mass is 15.4. The third kappa shape index (κ3) is 3.22. The highest BCUT2D eigenvalue weighted by molar-refractivity contribution is 5.79. The van der Waals surface area contributed by atoms with Gasteiger partial charge in [-0.25, -0.2) is 5.84 Å². The van der Waals surface area contributed by atoms with Gasteiger partial charge in [0.1, 0.15) is 0 Å².